The first-order chi connectivity index (χ1) is 5.88. The van der Waals surface area contributed by atoms with Crippen molar-refractivity contribution in [3.8, 4) is 0 Å². The van der Waals surface area contributed by atoms with Crippen LogP contribution in [0.1, 0.15) is 6.42 Å². The number of carbonyl (C=O) groups is 2. The fourth-order valence-corrected chi connectivity index (χ4v) is 1.05. The number of rotatable bonds is 3. The van der Waals surface area contributed by atoms with E-state index in [1.807, 2.05) is 30.4 Å². The predicted octanol–water partition coefficient (Wildman–Crippen LogP) is 1.44. The van der Waals surface area contributed by atoms with Gasteiger partial charge < -0.3 is 9.59 Å². The molecule has 2 nitrogen and oxygen atoms in total. The smallest absolute Gasteiger partial charge is 0.134 e. The summed E-state index contributed by atoms with van der Waals surface area (Å²) in [5, 5.41) is 0. The summed E-state index contributed by atoms with van der Waals surface area (Å²) in [6.45, 7) is 0. The van der Waals surface area contributed by atoms with Gasteiger partial charge in [-0.05, 0) is 12.0 Å². The molecule has 2 heteroatoms. The van der Waals surface area contributed by atoms with E-state index in [4.69, 9.17) is 0 Å². The van der Waals surface area contributed by atoms with E-state index >= 15 is 0 Å². The van der Waals surface area contributed by atoms with Crippen LogP contribution >= 0.6 is 0 Å². The molecule has 0 atom stereocenters. The molecule has 0 amide bonds. The first-order valence-corrected chi connectivity index (χ1v) is 3.81. The second-order valence-electron chi connectivity index (χ2n) is 2.56. The van der Waals surface area contributed by atoms with Gasteiger partial charge >= 0.3 is 0 Å². The molecule has 0 bridgehead atoms. The molecule has 1 aliphatic rings. The van der Waals surface area contributed by atoms with E-state index in [9.17, 15) is 9.59 Å². The monoisotopic (exact) mass is 162 g/mol. The zero-order valence-electron chi connectivity index (χ0n) is 6.64. The topological polar surface area (TPSA) is 34.1 Å². The van der Waals surface area contributed by atoms with Crippen LogP contribution in [-0.4, -0.2) is 12.6 Å². The molecule has 0 N–H and O–H groups in total. The molecule has 0 unspecified atom stereocenters. The van der Waals surface area contributed by atoms with Gasteiger partial charge in [0, 0.05) is 0 Å². The van der Waals surface area contributed by atoms with Gasteiger partial charge in [-0.25, -0.2) is 0 Å². The second kappa shape index (κ2) is 4.44. The molecule has 0 aliphatic heterocycles. The highest BCUT2D eigenvalue weighted by molar-refractivity contribution is 5.82. The summed E-state index contributed by atoms with van der Waals surface area (Å²) in [5.41, 5.74) is 0.852. The minimum Gasteiger partial charge on any atom is -0.302 e. The van der Waals surface area contributed by atoms with Crippen molar-refractivity contribution in [2.24, 2.45) is 5.92 Å². The molecular formula is C10H10O2. The fourth-order valence-electron chi connectivity index (χ4n) is 1.05. The van der Waals surface area contributed by atoms with Gasteiger partial charge in [-0.1, -0.05) is 30.4 Å². The van der Waals surface area contributed by atoms with Crippen molar-refractivity contribution >= 4 is 12.6 Å². The fraction of sp³-hybridized carbons (Fsp3) is 0.200. The summed E-state index contributed by atoms with van der Waals surface area (Å²) in [6.07, 6.45) is 11.4. The summed E-state index contributed by atoms with van der Waals surface area (Å²) >= 11 is 0. The van der Waals surface area contributed by atoms with Gasteiger partial charge in [0.15, 0.2) is 0 Å². The zero-order chi connectivity index (χ0) is 8.81. The Morgan fingerprint density at radius 3 is 2.58 bits per heavy atom. The maximum Gasteiger partial charge on any atom is 0.134 e. The molecule has 0 aromatic heterocycles. The largest absolute Gasteiger partial charge is 0.302 e. The Morgan fingerprint density at radius 1 is 1.17 bits per heavy atom. The van der Waals surface area contributed by atoms with E-state index in [1.54, 1.807) is 0 Å². The maximum atomic E-state index is 10.4. The first-order valence-electron chi connectivity index (χ1n) is 3.81. The van der Waals surface area contributed by atoms with Crippen LogP contribution in [-0.2, 0) is 9.59 Å². The van der Waals surface area contributed by atoms with Crippen LogP contribution in [0.15, 0.2) is 36.0 Å². The van der Waals surface area contributed by atoms with E-state index in [2.05, 4.69) is 0 Å². The number of allylic oxidation sites excluding steroid dienone is 6. The van der Waals surface area contributed by atoms with Crippen molar-refractivity contribution in [2.45, 2.75) is 6.42 Å². The van der Waals surface area contributed by atoms with Crippen LogP contribution in [0.3, 0.4) is 0 Å². The van der Waals surface area contributed by atoms with E-state index in [1.165, 1.54) is 0 Å². The minimum atomic E-state index is -0.572. The lowest BCUT2D eigenvalue weighted by Gasteiger charge is -2.03. The highest BCUT2D eigenvalue weighted by Gasteiger charge is 2.10. The lowest BCUT2D eigenvalue weighted by molar-refractivity contribution is -0.117. The van der Waals surface area contributed by atoms with E-state index in [0.717, 1.165) is 5.57 Å². The van der Waals surface area contributed by atoms with Gasteiger partial charge in [0.2, 0.25) is 0 Å². The molecule has 1 aliphatic carbocycles. The zero-order valence-corrected chi connectivity index (χ0v) is 6.64. The van der Waals surface area contributed by atoms with Crippen LogP contribution in [0.25, 0.3) is 0 Å². The molecule has 0 fully saturated rings. The molecule has 62 valence electrons. The molecule has 0 spiro atoms. The normalized spacial score (nSPS) is 15.6. The minimum absolute atomic E-state index is 0.572. The van der Waals surface area contributed by atoms with Crippen molar-refractivity contribution in [1.82, 2.24) is 0 Å². The summed E-state index contributed by atoms with van der Waals surface area (Å²) in [4.78, 5) is 20.9. The third kappa shape index (κ3) is 2.02. The quantitative estimate of drug-likeness (QED) is 0.465. The van der Waals surface area contributed by atoms with Crippen LogP contribution in [0.4, 0.5) is 0 Å². The van der Waals surface area contributed by atoms with Crippen LogP contribution in [0.2, 0.25) is 0 Å². The van der Waals surface area contributed by atoms with Gasteiger partial charge in [0.25, 0.3) is 0 Å². The van der Waals surface area contributed by atoms with E-state index in [0.29, 0.717) is 19.0 Å². The molecule has 0 radical (unpaired) electrons. The van der Waals surface area contributed by atoms with Crippen LogP contribution in [0, 0.1) is 5.92 Å². The van der Waals surface area contributed by atoms with Gasteiger partial charge in [0.1, 0.15) is 12.6 Å². The molecule has 1 rings (SSSR count). The SMILES string of the molecule is O=CC(C=O)C1=CC=CC=CC1. The molecular weight excluding hydrogens is 152 g/mol. The second-order valence-corrected chi connectivity index (χ2v) is 2.56. The first kappa shape index (κ1) is 8.65. The number of carbonyl (C=O) groups excluding carboxylic acids is 2. The predicted molar refractivity (Wildman–Crippen MR) is 46.6 cm³/mol. The molecule has 0 saturated heterocycles. The Bertz CT molecular complexity index is 251. The van der Waals surface area contributed by atoms with Crippen molar-refractivity contribution in [3.63, 3.8) is 0 Å². The van der Waals surface area contributed by atoms with E-state index < -0.39 is 5.92 Å². The highest BCUT2D eigenvalue weighted by atomic mass is 16.1. The maximum absolute atomic E-state index is 10.4. The Labute approximate surface area is 71.3 Å². The van der Waals surface area contributed by atoms with E-state index in [-0.39, 0.29) is 0 Å². The Kier molecular flexibility index (Phi) is 3.20. The average Bonchev–Trinajstić information content (AvgIpc) is 2.35. The average molecular weight is 162 g/mol. The number of hydrogen-bond acceptors (Lipinski definition) is 2. The van der Waals surface area contributed by atoms with Crippen LogP contribution < -0.4 is 0 Å². The molecule has 0 aromatic rings. The Hall–Kier alpha value is -1.44. The van der Waals surface area contributed by atoms with Crippen molar-refractivity contribution < 1.29 is 9.59 Å². The number of aldehydes is 2. The number of hydrogen-bond donors (Lipinski definition) is 0. The van der Waals surface area contributed by atoms with Gasteiger partial charge in [-0.3, -0.25) is 0 Å². The Balaban J connectivity index is 2.79. The van der Waals surface area contributed by atoms with Gasteiger partial charge in [-0.2, -0.15) is 0 Å². The van der Waals surface area contributed by atoms with Crippen molar-refractivity contribution in [1.29, 1.82) is 0 Å². The summed E-state index contributed by atoms with van der Waals surface area (Å²) < 4.78 is 0. The van der Waals surface area contributed by atoms with Crippen LogP contribution in [0.5, 0.6) is 0 Å². The standard InChI is InChI=1S/C10H10O2/c11-7-10(8-12)9-5-3-1-2-4-6-9/h1-5,7-8,10H,6H2. The van der Waals surface area contributed by atoms with Gasteiger partial charge in [0.05, 0.1) is 5.92 Å². The van der Waals surface area contributed by atoms with Crippen molar-refractivity contribution in [2.75, 3.05) is 0 Å². The summed E-state index contributed by atoms with van der Waals surface area (Å²) in [7, 11) is 0. The van der Waals surface area contributed by atoms with Crippen molar-refractivity contribution in [3.05, 3.63) is 36.0 Å². The molecule has 0 heterocycles. The molecule has 0 aromatic carbocycles. The summed E-state index contributed by atoms with van der Waals surface area (Å²) in [6, 6.07) is 0. The third-order valence-electron chi connectivity index (χ3n) is 1.74. The van der Waals surface area contributed by atoms with Gasteiger partial charge in [-0.15, -0.1) is 0 Å². The third-order valence-corrected chi connectivity index (χ3v) is 1.74. The molecule has 0 saturated carbocycles. The highest BCUT2D eigenvalue weighted by Crippen LogP contribution is 2.14. The Morgan fingerprint density at radius 2 is 1.92 bits per heavy atom. The molecule has 12 heavy (non-hydrogen) atoms. The lowest BCUT2D eigenvalue weighted by atomic mass is 9.99. The summed E-state index contributed by atoms with van der Waals surface area (Å²) in [5.74, 6) is -0.572. The lowest BCUT2D eigenvalue weighted by Crippen LogP contribution is -2.06.